The van der Waals surface area contributed by atoms with E-state index in [1.54, 1.807) is 13.0 Å². The van der Waals surface area contributed by atoms with Gasteiger partial charge in [-0.15, -0.1) is 0 Å². The third-order valence-corrected chi connectivity index (χ3v) is 4.62. The Bertz CT molecular complexity index is 551. The summed E-state index contributed by atoms with van der Waals surface area (Å²) >= 11 is 3.34. The molecule has 5 nitrogen and oxygen atoms in total. The van der Waals surface area contributed by atoms with Crippen molar-refractivity contribution in [3.05, 3.63) is 28.2 Å². The number of carboxylic acids is 1. The van der Waals surface area contributed by atoms with E-state index >= 15 is 0 Å². The minimum atomic E-state index is -0.762. The van der Waals surface area contributed by atoms with Crippen LogP contribution in [0.4, 0.5) is 5.69 Å². The Labute approximate surface area is 125 Å². The first-order chi connectivity index (χ1) is 9.35. The largest absolute Gasteiger partial charge is 0.481 e. The van der Waals surface area contributed by atoms with E-state index in [9.17, 15) is 14.7 Å². The normalized spacial score (nSPS) is 17.8. The van der Waals surface area contributed by atoms with E-state index < -0.39 is 17.3 Å². The molecule has 1 aromatic rings. The van der Waals surface area contributed by atoms with Gasteiger partial charge < -0.3 is 15.7 Å². The first-order valence-corrected chi connectivity index (χ1v) is 7.21. The lowest BCUT2D eigenvalue weighted by Gasteiger charge is -2.38. The first kappa shape index (κ1) is 14.8. The highest BCUT2D eigenvalue weighted by molar-refractivity contribution is 9.10. The Morgan fingerprint density at radius 2 is 1.95 bits per heavy atom. The van der Waals surface area contributed by atoms with Gasteiger partial charge >= 0.3 is 5.97 Å². The Balaban J connectivity index is 2.26. The van der Waals surface area contributed by atoms with Gasteiger partial charge in [-0.25, -0.2) is 0 Å². The average Bonchev–Trinajstić information content (AvgIpc) is 2.38. The molecule has 3 N–H and O–H groups in total. The van der Waals surface area contributed by atoms with Gasteiger partial charge in [-0.2, -0.15) is 0 Å². The fourth-order valence-electron chi connectivity index (χ4n) is 2.48. The summed E-state index contributed by atoms with van der Waals surface area (Å²) in [6.45, 7) is 2.96. The summed E-state index contributed by atoms with van der Waals surface area (Å²) in [5.41, 5.74) is 5.96. The second kappa shape index (κ2) is 5.44. The predicted octanol–water partition coefficient (Wildman–Crippen LogP) is 2.24. The third kappa shape index (κ3) is 2.65. The van der Waals surface area contributed by atoms with Gasteiger partial charge in [0.15, 0.2) is 0 Å². The molecule has 0 atom stereocenters. The van der Waals surface area contributed by atoms with Crippen LogP contribution in [0, 0.1) is 5.41 Å². The van der Waals surface area contributed by atoms with Crippen molar-refractivity contribution in [3.63, 3.8) is 0 Å². The van der Waals surface area contributed by atoms with Crippen LogP contribution in [0.1, 0.15) is 30.1 Å². The number of hydrogen-bond donors (Lipinski definition) is 2. The second-order valence-electron chi connectivity index (χ2n) is 5.35. The van der Waals surface area contributed by atoms with Crippen LogP contribution in [0.15, 0.2) is 22.7 Å². The molecule has 1 aromatic carbocycles. The minimum absolute atomic E-state index is 0.450. The molecular weight excluding hydrogens is 324 g/mol. The van der Waals surface area contributed by atoms with E-state index in [1.807, 2.05) is 17.0 Å². The van der Waals surface area contributed by atoms with Crippen LogP contribution in [-0.2, 0) is 4.79 Å². The number of hydrogen-bond acceptors (Lipinski definition) is 3. The number of rotatable bonds is 3. The summed E-state index contributed by atoms with van der Waals surface area (Å²) < 4.78 is 0.661. The van der Waals surface area contributed by atoms with Gasteiger partial charge in [0.05, 0.1) is 16.7 Å². The fraction of sp³-hybridized carbons (Fsp3) is 0.429. The van der Waals surface area contributed by atoms with E-state index in [0.29, 0.717) is 36.0 Å². The monoisotopic (exact) mass is 340 g/mol. The van der Waals surface area contributed by atoms with Gasteiger partial charge in [0.1, 0.15) is 0 Å². The summed E-state index contributed by atoms with van der Waals surface area (Å²) in [4.78, 5) is 24.9. The van der Waals surface area contributed by atoms with Gasteiger partial charge in [-0.3, -0.25) is 9.59 Å². The number of anilines is 1. The molecule has 1 aliphatic rings. The average molecular weight is 341 g/mol. The third-order valence-electron chi connectivity index (χ3n) is 3.96. The van der Waals surface area contributed by atoms with Crippen LogP contribution in [0.5, 0.6) is 0 Å². The lowest BCUT2D eigenvalue weighted by Crippen LogP contribution is -2.43. The minimum Gasteiger partial charge on any atom is -0.481 e. The van der Waals surface area contributed by atoms with Gasteiger partial charge in [0, 0.05) is 17.6 Å². The van der Waals surface area contributed by atoms with E-state index in [0.717, 1.165) is 5.69 Å². The molecule has 108 valence electrons. The highest BCUT2D eigenvalue weighted by Gasteiger charge is 2.37. The van der Waals surface area contributed by atoms with Crippen LogP contribution in [0.3, 0.4) is 0 Å². The van der Waals surface area contributed by atoms with Crippen LogP contribution in [-0.4, -0.2) is 30.1 Å². The fourth-order valence-corrected chi connectivity index (χ4v) is 3.03. The van der Waals surface area contributed by atoms with Crippen molar-refractivity contribution in [2.75, 3.05) is 18.0 Å². The Morgan fingerprint density at radius 3 is 2.45 bits per heavy atom. The van der Waals surface area contributed by atoms with Crippen molar-refractivity contribution < 1.29 is 14.7 Å². The lowest BCUT2D eigenvalue weighted by molar-refractivity contribution is -0.149. The Hall–Kier alpha value is -1.56. The maximum Gasteiger partial charge on any atom is 0.309 e. The van der Waals surface area contributed by atoms with E-state index in [1.165, 1.54) is 0 Å². The molecule has 1 amide bonds. The van der Waals surface area contributed by atoms with Crippen LogP contribution >= 0.6 is 15.9 Å². The molecule has 1 saturated heterocycles. The first-order valence-electron chi connectivity index (χ1n) is 6.42. The number of carboxylic acid groups (broad SMARTS) is 1. The maximum absolute atomic E-state index is 11.6. The molecule has 1 fully saturated rings. The van der Waals surface area contributed by atoms with E-state index in [4.69, 9.17) is 5.73 Å². The highest BCUT2D eigenvalue weighted by Crippen LogP contribution is 2.35. The van der Waals surface area contributed by atoms with Crippen molar-refractivity contribution in [1.82, 2.24) is 0 Å². The van der Waals surface area contributed by atoms with Gasteiger partial charge in [-0.05, 0) is 47.8 Å². The molecule has 0 aromatic heterocycles. The van der Waals surface area contributed by atoms with E-state index in [-0.39, 0.29) is 0 Å². The number of piperidine rings is 1. The summed E-state index contributed by atoms with van der Waals surface area (Å²) in [5.74, 6) is -1.25. The standard InChI is InChI=1S/C14H17BrN2O3/c1-14(13(19)20)5-7-17(8-6-14)10-4-2-3-9(15)11(10)12(16)18/h2-4H,5-8H2,1H3,(H2,16,18)(H,19,20). The molecule has 0 bridgehead atoms. The topological polar surface area (TPSA) is 83.6 Å². The quantitative estimate of drug-likeness (QED) is 0.883. The van der Waals surface area contributed by atoms with Crippen molar-refractivity contribution in [3.8, 4) is 0 Å². The van der Waals surface area contributed by atoms with Crippen molar-refractivity contribution in [2.45, 2.75) is 19.8 Å². The molecule has 0 aliphatic carbocycles. The molecule has 1 heterocycles. The molecule has 2 rings (SSSR count). The Kier molecular flexibility index (Phi) is 4.04. The van der Waals surface area contributed by atoms with Gasteiger partial charge in [-0.1, -0.05) is 6.07 Å². The summed E-state index contributed by atoms with van der Waals surface area (Å²) in [6.07, 6.45) is 1.10. The number of benzene rings is 1. The van der Waals surface area contributed by atoms with Crippen molar-refractivity contribution in [1.29, 1.82) is 0 Å². The number of halogens is 1. The van der Waals surface area contributed by atoms with Gasteiger partial charge in [0.25, 0.3) is 5.91 Å². The highest BCUT2D eigenvalue weighted by atomic mass is 79.9. The van der Waals surface area contributed by atoms with Crippen LogP contribution < -0.4 is 10.6 Å². The number of nitrogens with two attached hydrogens (primary N) is 1. The van der Waals surface area contributed by atoms with Crippen molar-refractivity contribution in [2.24, 2.45) is 11.1 Å². The lowest BCUT2D eigenvalue weighted by atomic mass is 9.80. The number of aliphatic carboxylic acids is 1. The van der Waals surface area contributed by atoms with Gasteiger partial charge in [0.2, 0.25) is 0 Å². The molecule has 1 aliphatic heterocycles. The zero-order valence-corrected chi connectivity index (χ0v) is 12.8. The summed E-state index contributed by atoms with van der Waals surface area (Å²) in [6, 6.07) is 5.46. The summed E-state index contributed by atoms with van der Waals surface area (Å²) in [5, 5.41) is 9.24. The van der Waals surface area contributed by atoms with Crippen molar-refractivity contribution >= 4 is 33.5 Å². The second-order valence-corrected chi connectivity index (χ2v) is 6.21. The molecule has 6 heteroatoms. The maximum atomic E-state index is 11.6. The Morgan fingerprint density at radius 1 is 1.35 bits per heavy atom. The molecule has 0 saturated carbocycles. The molecule has 20 heavy (non-hydrogen) atoms. The summed E-state index contributed by atoms with van der Waals surface area (Å²) in [7, 11) is 0. The predicted molar refractivity (Wildman–Crippen MR) is 79.8 cm³/mol. The number of nitrogens with zero attached hydrogens (tertiary/aromatic N) is 1. The smallest absolute Gasteiger partial charge is 0.309 e. The molecular formula is C14H17BrN2O3. The SMILES string of the molecule is CC1(C(=O)O)CCN(c2cccc(Br)c2C(N)=O)CC1. The number of primary amides is 1. The molecule has 0 radical (unpaired) electrons. The number of carbonyl (C=O) groups is 2. The van der Waals surface area contributed by atoms with E-state index in [2.05, 4.69) is 15.9 Å². The van der Waals surface area contributed by atoms with Crippen LogP contribution in [0.2, 0.25) is 0 Å². The number of carbonyl (C=O) groups excluding carboxylic acids is 1. The zero-order chi connectivity index (χ0) is 14.9. The number of amides is 1. The van der Waals surface area contributed by atoms with Crippen LogP contribution in [0.25, 0.3) is 0 Å². The molecule has 0 unspecified atom stereocenters. The zero-order valence-electron chi connectivity index (χ0n) is 11.2. The molecule has 0 spiro atoms.